The predicted molar refractivity (Wildman–Crippen MR) is 127 cm³/mol. The number of aromatic nitrogens is 2. The summed E-state index contributed by atoms with van der Waals surface area (Å²) in [6, 6.07) is 10.8. The lowest BCUT2D eigenvalue weighted by molar-refractivity contribution is 0.0698. The summed E-state index contributed by atoms with van der Waals surface area (Å²) < 4.78 is 1.58. The van der Waals surface area contributed by atoms with Gasteiger partial charge < -0.3 is 15.3 Å². The van der Waals surface area contributed by atoms with Crippen molar-refractivity contribution in [3.05, 3.63) is 69.1 Å². The number of nitrogens with zero attached hydrogens (tertiary/aromatic N) is 4. The number of carboxylic acid groups (broad SMARTS) is 1. The van der Waals surface area contributed by atoms with Gasteiger partial charge in [0.05, 0.1) is 23.2 Å². The van der Waals surface area contributed by atoms with E-state index < -0.39 is 5.97 Å². The first kappa shape index (κ1) is 22.3. The van der Waals surface area contributed by atoms with Crippen molar-refractivity contribution in [2.24, 2.45) is 5.92 Å². The molecule has 4 rings (SSSR count). The Hall–Kier alpha value is -3.86. The number of hydrogen-bond acceptors (Lipinski definition) is 6. The fourth-order valence-corrected chi connectivity index (χ4v) is 4.44. The molecule has 1 unspecified atom stereocenters. The number of hydrogen-bond donors (Lipinski definition) is 2. The third-order valence-electron chi connectivity index (χ3n) is 6.26. The fraction of sp³-hybridized carbons (Fsp3) is 0.360. The third kappa shape index (κ3) is 4.27. The van der Waals surface area contributed by atoms with Crippen LogP contribution in [0.3, 0.4) is 0 Å². The van der Waals surface area contributed by atoms with Gasteiger partial charge in [-0.2, -0.15) is 5.26 Å². The summed E-state index contributed by atoms with van der Waals surface area (Å²) in [6.07, 6.45) is 3.29. The Labute approximate surface area is 192 Å². The molecule has 2 aromatic heterocycles. The van der Waals surface area contributed by atoms with Gasteiger partial charge in [0.2, 0.25) is 0 Å². The van der Waals surface area contributed by atoms with Crippen LogP contribution < -0.4 is 15.8 Å². The van der Waals surface area contributed by atoms with Crippen LogP contribution >= 0.6 is 0 Å². The number of benzene rings is 1. The molecule has 1 aromatic carbocycles. The first-order chi connectivity index (χ1) is 15.8. The number of para-hydroxylation sites is 1. The molecular formula is C25H27N5O3. The average molecular weight is 446 g/mol. The highest BCUT2D eigenvalue weighted by Crippen LogP contribution is 2.28. The minimum absolute atomic E-state index is 0.0415. The van der Waals surface area contributed by atoms with Gasteiger partial charge in [-0.15, -0.1) is 0 Å². The summed E-state index contributed by atoms with van der Waals surface area (Å²) >= 11 is 0. The molecule has 0 radical (unpaired) electrons. The van der Waals surface area contributed by atoms with E-state index in [-0.39, 0.29) is 23.1 Å². The van der Waals surface area contributed by atoms with Crippen LogP contribution in [0.4, 0.5) is 11.5 Å². The lowest BCUT2D eigenvalue weighted by Gasteiger charge is -2.31. The first-order valence-corrected chi connectivity index (χ1v) is 11.1. The Morgan fingerprint density at radius 3 is 2.64 bits per heavy atom. The second kappa shape index (κ2) is 8.94. The summed E-state index contributed by atoms with van der Waals surface area (Å²) in [7, 11) is 0. The summed E-state index contributed by atoms with van der Waals surface area (Å²) in [4.78, 5) is 31.9. The normalized spacial score (nSPS) is 15.3. The Morgan fingerprint density at radius 1 is 1.27 bits per heavy atom. The topological polar surface area (TPSA) is 111 Å². The van der Waals surface area contributed by atoms with E-state index in [0.29, 0.717) is 35.8 Å². The molecule has 0 amide bonds. The van der Waals surface area contributed by atoms with Gasteiger partial charge in [-0.25, -0.2) is 9.78 Å². The zero-order valence-electron chi connectivity index (χ0n) is 19.0. The molecule has 1 saturated heterocycles. The molecule has 0 aliphatic carbocycles. The lowest BCUT2D eigenvalue weighted by atomic mass is 9.98. The van der Waals surface area contributed by atoms with Gasteiger partial charge in [0.1, 0.15) is 11.5 Å². The molecular weight excluding hydrogens is 418 g/mol. The maximum Gasteiger partial charge on any atom is 0.337 e. The fourth-order valence-electron chi connectivity index (χ4n) is 4.44. The standard InChI is InChI=1S/C25H27N5O3/c1-15-12-20(17(3)27-21-7-5-4-6-19(21)25(32)33)23-28-22(16(2)24(31)30(23)14-15)29-10-8-18(13-26)9-11-29/h4-7,12,14,17-18,27H,8-11H2,1-3H3,(H,32,33). The van der Waals surface area contributed by atoms with Gasteiger partial charge in [-0.3, -0.25) is 9.20 Å². The van der Waals surface area contributed by atoms with Crippen molar-refractivity contribution < 1.29 is 9.90 Å². The van der Waals surface area contributed by atoms with Gasteiger partial charge in [0.15, 0.2) is 0 Å². The second-order valence-corrected chi connectivity index (χ2v) is 8.64. The largest absolute Gasteiger partial charge is 0.478 e. The van der Waals surface area contributed by atoms with Gasteiger partial charge in [-0.1, -0.05) is 12.1 Å². The third-order valence-corrected chi connectivity index (χ3v) is 6.26. The Morgan fingerprint density at radius 2 is 1.97 bits per heavy atom. The van der Waals surface area contributed by atoms with Crippen LogP contribution in [0.2, 0.25) is 0 Å². The van der Waals surface area contributed by atoms with Crippen molar-refractivity contribution in [3.63, 3.8) is 0 Å². The quantitative estimate of drug-likeness (QED) is 0.612. The Kier molecular flexibility index (Phi) is 6.05. The number of nitriles is 1. The zero-order valence-corrected chi connectivity index (χ0v) is 19.0. The maximum absolute atomic E-state index is 13.3. The molecule has 3 heterocycles. The summed E-state index contributed by atoms with van der Waals surface area (Å²) in [5.41, 5.74) is 3.40. The number of anilines is 2. The number of nitrogens with one attached hydrogen (secondary N) is 1. The monoisotopic (exact) mass is 445 g/mol. The lowest BCUT2D eigenvalue weighted by Crippen LogP contribution is -2.36. The van der Waals surface area contributed by atoms with Crippen molar-refractivity contribution in [2.45, 2.75) is 39.7 Å². The van der Waals surface area contributed by atoms with E-state index in [9.17, 15) is 20.0 Å². The number of rotatable bonds is 5. The van der Waals surface area contributed by atoms with Gasteiger partial charge in [0, 0.05) is 36.5 Å². The van der Waals surface area contributed by atoms with Gasteiger partial charge in [0.25, 0.3) is 5.56 Å². The molecule has 2 N–H and O–H groups in total. The Balaban J connectivity index is 1.79. The molecule has 0 saturated carbocycles. The molecule has 33 heavy (non-hydrogen) atoms. The number of pyridine rings is 1. The predicted octanol–water partition coefficient (Wildman–Crippen LogP) is 3.92. The van der Waals surface area contributed by atoms with E-state index in [2.05, 4.69) is 16.3 Å². The molecule has 1 fully saturated rings. The average Bonchev–Trinajstić information content (AvgIpc) is 2.81. The van der Waals surface area contributed by atoms with Gasteiger partial charge in [-0.05, 0) is 57.4 Å². The number of aromatic carboxylic acids is 1. The van der Waals surface area contributed by atoms with E-state index in [1.807, 2.05) is 19.9 Å². The van der Waals surface area contributed by atoms with E-state index in [4.69, 9.17) is 4.98 Å². The molecule has 8 nitrogen and oxygen atoms in total. The highest BCUT2D eigenvalue weighted by molar-refractivity contribution is 5.94. The van der Waals surface area contributed by atoms with Crippen LogP contribution in [0.1, 0.15) is 52.9 Å². The number of fused-ring (bicyclic) bond motifs is 1. The number of carboxylic acids is 1. The highest BCUT2D eigenvalue weighted by atomic mass is 16.4. The number of carbonyl (C=O) groups is 1. The molecule has 0 spiro atoms. The Bertz CT molecular complexity index is 1320. The van der Waals surface area contributed by atoms with Crippen molar-refractivity contribution in [2.75, 3.05) is 23.3 Å². The molecule has 170 valence electrons. The van der Waals surface area contributed by atoms with E-state index in [0.717, 1.165) is 24.0 Å². The van der Waals surface area contributed by atoms with E-state index in [1.165, 1.54) is 0 Å². The SMILES string of the molecule is Cc1cc(C(C)Nc2ccccc2C(=O)O)c2nc(N3CCC(C#N)CC3)c(C)c(=O)n2c1. The van der Waals surface area contributed by atoms with Crippen LogP contribution in [0.25, 0.3) is 5.65 Å². The zero-order chi connectivity index (χ0) is 23.7. The second-order valence-electron chi connectivity index (χ2n) is 8.64. The van der Waals surface area contributed by atoms with Crippen LogP contribution in [0, 0.1) is 31.1 Å². The van der Waals surface area contributed by atoms with Crippen molar-refractivity contribution in [3.8, 4) is 6.07 Å². The van der Waals surface area contributed by atoms with Crippen LogP contribution in [0.5, 0.6) is 0 Å². The summed E-state index contributed by atoms with van der Waals surface area (Å²) in [6.45, 7) is 7.01. The van der Waals surface area contributed by atoms with Crippen molar-refractivity contribution in [1.82, 2.24) is 9.38 Å². The molecule has 3 aromatic rings. The van der Waals surface area contributed by atoms with E-state index >= 15 is 0 Å². The molecule has 1 aliphatic rings. The van der Waals surface area contributed by atoms with Crippen molar-refractivity contribution >= 4 is 23.1 Å². The minimum Gasteiger partial charge on any atom is -0.478 e. The van der Waals surface area contributed by atoms with Crippen LogP contribution in [0.15, 0.2) is 41.3 Å². The van der Waals surface area contributed by atoms with Gasteiger partial charge >= 0.3 is 5.97 Å². The first-order valence-electron chi connectivity index (χ1n) is 11.1. The molecule has 1 aliphatic heterocycles. The number of piperidine rings is 1. The molecule has 0 bridgehead atoms. The van der Waals surface area contributed by atoms with Crippen LogP contribution in [-0.4, -0.2) is 33.6 Å². The maximum atomic E-state index is 13.3. The van der Waals surface area contributed by atoms with Crippen LogP contribution in [-0.2, 0) is 0 Å². The molecule has 8 heteroatoms. The smallest absolute Gasteiger partial charge is 0.337 e. The summed E-state index contributed by atoms with van der Waals surface area (Å²) in [5, 5.41) is 22.0. The molecule has 1 atom stereocenters. The minimum atomic E-state index is -1.01. The number of aryl methyl sites for hydroxylation is 1. The summed E-state index contributed by atoms with van der Waals surface area (Å²) in [5.74, 6) is -0.313. The van der Waals surface area contributed by atoms with E-state index in [1.54, 1.807) is 41.8 Å². The van der Waals surface area contributed by atoms with Crippen molar-refractivity contribution in [1.29, 1.82) is 5.26 Å². The highest BCUT2D eigenvalue weighted by Gasteiger charge is 2.24.